The summed E-state index contributed by atoms with van der Waals surface area (Å²) in [4.78, 5) is 21.6. The Balaban J connectivity index is 0.00000288. The van der Waals surface area contributed by atoms with Crippen LogP contribution in [-0.2, 0) is 4.79 Å². The van der Waals surface area contributed by atoms with Crippen LogP contribution in [-0.4, -0.2) is 66.7 Å². The molecule has 0 saturated carbocycles. The van der Waals surface area contributed by atoms with Gasteiger partial charge in [0, 0.05) is 50.3 Å². The number of thioether (sulfide) groups is 1. The zero-order valence-corrected chi connectivity index (χ0v) is 17.5. The van der Waals surface area contributed by atoms with Crippen LogP contribution in [0.3, 0.4) is 0 Å². The molecule has 7 heteroatoms. The van der Waals surface area contributed by atoms with Crippen molar-refractivity contribution in [3.63, 3.8) is 0 Å². The standard InChI is InChI=1S/C17H26N4OS.HI/c1-3-18-17(21-12-10-20(11-13-21)15(2)22)19-9-14-23-16-7-5-4-6-8-16;/h4-8H,3,9-14H2,1-2H3,(H,18,19);1H. The molecule has 1 aliphatic rings. The van der Waals surface area contributed by atoms with Gasteiger partial charge in [-0.05, 0) is 19.1 Å². The number of amides is 1. The average molecular weight is 462 g/mol. The molecule has 0 radical (unpaired) electrons. The lowest BCUT2D eigenvalue weighted by molar-refractivity contribution is -0.130. The molecule has 2 rings (SSSR count). The van der Waals surface area contributed by atoms with Crippen molar-refractivity contribution in [3.05, 3.63) is 30.3 Å². The van der Waals surface area contributed by atoms with E-state index in [0.29, 0.717) is 0 Å². The monoisotopic (exact) mass is 462 g/mol. The minimum atomic E-state index is 0. The summed E-state index contributed by atoms with van der Waals surface area (Å²) in [5.41, 5.74) is 0. The van der Waals surface area contributed by atoms with E-state index < -0.39 is 0 Å². The number of hydrogen-bond acceptors (Lipinski definition) is 3. The van der Waals surface area contributed by atoms with Gasteiger partial charge in [-0.3, -0.25) is 9.79 Å². The normalized spacial score (nSPS) is 15.0. The maximum Gasteiger partial charge on any atom is 0.219 e. The number of nitrogens with one attached hydrogen (secondary N) is 1. The number of carbonyl (C=O) groups excluding carboxylic acids is 1. The predicted octanol–water partition coefficient (Wildman–Crippen LogP) is 2.53. The molecule has 1 amide bonds. The van der Waals surface area contributed by atoms with Gasteiger partial charge in [-0.25, -0.2) is 0 Å². The van der Waals surface area contributed by atoms with E-state index in [0.717, 1.165) is 51.0 Å². The molecular weight excluding hydrogens is 435 g/mol. The first-order valence-corrected chi connectivity index (χ1v) is 9.16. The number of carbonyl (C=O) groups is 1. The molecule has 1 N–H and O–H groups in total. The molecule has 24 heavy (non-hydrogen) atoms. The molecule has 134 valence electrons. The zero-order chi connectivity index (χ0) is 16.5. The molecule has 1 aromatic rings. The fourth-order valence-electron chi connectivity index (χ4n) is 2.49. The van der Waals surface area contributed by atoms with Gasteiger partial charge < -0.3 is 15.1 Å². The van der Waals surface area contributed by atoms with Crippen molar-refractivity contribution < 1.29 is 4.79 Å². The van der Waals surface area contributed by atoms with E-state index in [2.05, 4.69) is 41.4 Å². The number of piperazine rings is 1. The number of hydrogen-bond donors (Lipinski definition) is 1. The first kappa shape index (κ1) is 21.1. The van der Waals surface area contributed by atoms with Crippen LogP contribution >= 0.6 is 35.7 Å². The lowest BCUT2D eigenvalue weighted by Gasteiger charge is -2.36. The molecule has 0 aromatic heterocycles. The first-order chi connectivity index (χ1) is 11.2. The van der Waals surface area contributed by atoms with Crippen LogP contribution in [0, 0.1) is 0 Å². The third-order valence-electron chi connectivity index (χ3n) is 3.72. The van der Waals surface area contributed by atoms with Crippen molar-refractivity contribution in [2.24, 2.45) is 4.99 Å². The SMILES string of the molecule is CCNC(=NCCSc1ccccc1)N1CCN(C(C)=O)CC1.I. The third kappa shape index (κ3) is 6.88. The van der Waals surface area contributed by atoms with Crippen LogP contribution in [0.15, 0.2) is 40.2 Å². The maximum atomic E-state index is 11.4. The van der Waals surface area contributed by atoms with Crippen LogP contribution in [0.1, 0.15) is 13.8 Å². The Morgan fingerprint density at radius 3 is 2.38 bits per heavy atom. The molecule has 1 aliphatic heterocycles. The van der Waals surface area contributed by atoms with Gasteiger partial charge in [-0.2, -0.15) is 0 Å². The summed E-state index contributed by atoms with van der Waals surface area (Å²) in [7, 11) is 0. The molecule has 1 heterocycles. The quantitative estimate of drug-likeness (QED) is 0.240. The van der Waals surface area contributed by atoms with Crippen LogP contribution < -0.4 is 5.32 Å². The van der Waals surface area contributed by atoms with E-state index in [1.54, 1.807) is 6.92 Å². The van der Waals surface area contributed by atoms with Crippen LogP contribution in [0.25, 0.3) is 0 Å². The van der Waals surface area contributed by atoms with Crippen LogP contribution in [0.4, 0.5) is 0 Å². The van der Waals surface area contributed by atoms with E-state index in [9.17, 15) is 4.79 Å². The largest absolute Gasteiger partial charge is 0.357 e. The smallest absolute Gasteiger partial charge is 0.219 e. The summed E-state index contributed by atoms with van der Waals surface area (Å²) < 4.78 is 0. The molecule has 1 saturated heterocycles. The van der Waals surface area contributed by atoms with Gasteiger partial charge in [0.1, 0.15) is 0 Å². The molecule has 1 fully saturated rings. The first-order valence-electron chi connectivity index (χ1n) is 8.17. The fraction of sp³-hybridized carbons (Fsp3) is 0.529. The van der Waals surface area contributed by atoms with Gasteiger partial charge in [0.05, 0.1) is 6.54 Å². The van der Waals surface area contributed by atoms with E-state index in [1.807, 2.05) is 22.7 Å². The third-order valence-corrected chi connectivity index (χ3v) is 4.72. The number of halogens is 1. The Morgan fingerprint density at radius 1 is 1.17 bits per heavy atom. The van der Waals surface area contributed by atoms with Crippen molar-refractivity contribution in [2.75, 3.05) is 45.0 Å². The highest BCUT2D eigenvalue weighted by Gasteiger charge is 2.20. The fourth-order valence-corrected chi connectivity index (χ4v) is 3.26. The summed E-state index contributed by atoms with van der Waals surface area (Å²) in [6.07, 6.45) is 0. The Labute approximate surface area is 166 Å². The summed E-state index contributed by atoms with van der Waals surface area (Å²) in [6, 6.07) is 10.4. The average Bonchev–Trinajstić information content (AvgIpc) is 2.58. The summed E-state index contributed by atoms with van der Waals surface area (Å²) in [5, 5.41) is 3.36. The second-order valence-electron chi connectivity index (χ2n) is 5.39. The Morgan fingerprint density at radius 2 is 1.79 bits per heavy atom. The van der Waals surface area contributed by atoms with Crippen LogP contribution in [0.5, 0.6) is 0 Å². The van der Waals surface area contributed by atoms with Crippen molar-refractivity contribution in [1.29, 1.82) is 0 Å². The van der Waals surface area contributed by atoms with Crippen molar-refractivity contribution in [1.82, 2.24) is 15.1 Å². The highest BCUT2D eigenvalue weighted by Crippen LogP contribution is 2.16. The second kappa shape index (κ2) is 11.6. The number of rotatable bonds is 5. The maximum absolute atomic E-state index is 11.4. The Hall–Kier alpha value is -0.960. The van der Waals surface area contributed by atoms with Crippen molar-refractivity contribution in [2.45, 2.75) is 18.7 Å². The molecule has 0 aliphatic carbocycles. The van der Waals surface area contributed by atoms with Crippen LogP contribution in [0.2, 0.25) is 0 Å². The van der Waals surface area contributed by atoms with E-state index in [-0.39, 0.29) is 29.9 Å². The van der Waals surface area contributed by atoms with E-state index in [4.69, 9.17) is 4.99 Å². The second-order valence-corrected chi connectivity index (χ2v) is 6.56. The van der Waals surface area contributed by atoms with Gasteiger partial charge >= 0.3 is 0 Å². The molecule has 0 bridgehead atoms. The topological polar surface area (TPSA) is 47.9 Å². The van der Waals surface area contributed by atoms with Crippen molar-refractivity contribution in [3.8, 4) is 0 Å². The highest BCUT2D eigenvalue weighted by molar-refractivity contribution is 14.0. The van der Waals surface area contributed by atoms with Crippen molar-refractivity contribution >= 4 is 47.6 Å². The summed E-state index contributed by atoms with van der Waals surface area (Å²) >= 11 is 1.83. The van der Waals surface area contributed by atoms with Gasteiger partial charge in [0.15, 0.2) is 5.96 Å². The predicted molar refractivity (Wildman–Crippen MR) is 112 cm³/mol. The summed E-state index contributed by atoms with van der Waals surface area (Å²) in [6.45, 7) is 8.60. The lowest BCUT2D eigenvalue weighted by atomic mass is 10.3. The van der Waals surface area contributed by atoms with E-state index >= 15 is 0 Å². The molecule has 5 nitrogen and oxygen atoms in total. The number of aliphatic imine (C=N–C) groups is 1. The minimum absolute atomic E-state index is 0. The molecule has 0 atom stereocenters. The van der Waals surface area contributed by atoms with Gasteiger partial charge in [-0.15, -0.1) is 35.7 Å². The summed E-state index contributed by atoms with van der Waals surface area (Å²) in [5.74, 6) is 2.09. The van der Waals surface area contributed by atoms with E-state index in [1.165, 1.54) is 4.90 Å². The van der Waals surface area contributed by atoms with Gasteiger partial charge in [-0.1, -0.05) is 18.2 Å². The number of nitrogens with zero attached hydrogens (tertiary/aromatic N) is 3. The zero-order valence-electron chi connectivity index (χ0n) is 14.4. The lowest BCUT2D eigenvalue weighted by Crippen LogP contribution is -2.53. The molecule has 0 spiro atoms. The Kier molecular flexibility index (Phi) is 10.2. The molecule has 1 aromatic carbocycles. The molecule has 0 unspecified atom stereocenters. The number of benzene rings is 1. The molecular formula is C17H27IN4OS. The minimum Gasteiger partial charge on any atom is -0.357 e. The highest BCUT2D eigenvalue weighted by atomic mass is 127. The Bertz CT molecular complexity index is 519. The number of guanidine groups is 1. The van der Waals surface area contributed by atoms with Gasteiger partial charge in [0.25, 0.3) is 0 Å². The van der Waals surface area contributed by atoms with Gasteiger partial charge in [0.2, 0.25) is 5.91 Å².